The quantitative estimate of drug-likeness (QED) is 0.779. The highest BCUT2D eigenvalue weighted by Crippen LogP contribution is 2.32. The van der Waals surface area contributed by atoms with E-state index in [-0.39, 0.29) is 0 Å². The van der Waals surface area contributed by atoms with E-state index in [0.29, 0.717) is 6.04 Å². The van der Waals surface area contributed by atoms with Crippen LogP contribution in [0.2, 0.25) is 0 Å². The van der Waals surface area contributed by atoms with Crippen LogP contribution < -0.4 is 0 Å². The van der Waals surface area contributed by atoms with Gasteiger partial charge in [-0.2, -0.15) is 0 Å². The summed E-state index contributed by atoms with van der Waals surface area (Å²) in [7, 11) is 0. The molecule has 0 spiro atoms. The number of rotatable bonds is 3. The van der Waals surface area contributed by atoms with Crippen LogP contribution in [0.25, 0.3) is 0 Å². The molecule has 1 aliphatic heterocycles. The zero-order valence-electron chi connectivity index (χ0n) is 10.6. The molecule has 1 heterocycles. The number of hydrogen-bond acceptors (Lipinski definition) is 1. The minimum atomic E-state index is 0.603. The number of hydrogen-bond donors (Lipinski definition) is 0. The zero-order valence-corrected chi connectivity index (χ0v) is 10.6. The first kappa shape index (κ1) is 11.5. The normalized spacial score (nSPS) is 20.1. The molecule has 0 bridgehead atoms. The summed E-state index contributed by atoms with van der Waals surface area (Å²) in [6, 6.07) is 22.3. The van der Waals surface area contributed by atoms with Crippen LogP contribution in [0.4, 0.5) is 0 Å². The molecule has 2 aromatic carbocycles. The van der Waals surface area contributed by atoms with Gasteiger partial charge in [-0.1, -0.05) is 60.7 Å². The fourth-order valence-corrected chi connectivity index (χ4v) is 2.89. The van der Waals surface area contributed by atoms with Gasteiger partial charge in [0.15, 0.2) is 0 Å². The van der Waals surface area contributed by atoms with Crippen LogP contribution in [0, 0.1) is 0 Å². The third-order valence-corrected chi connectivity index (χ3v) is 3.78. The van der Waals surface area contributed by atoms with E-state index in [1.54, 1.807) is 0 Å². The number of likely N-dealkylation sites (tertiary alicyclic amines) is 1. The molecule has 0 aliphatic carbocycles. The summed E-state index contributed by atoms with van der Waals surface area (Å²) in [4.78, 5) is 2.60. The SMILES string of the molecule is c1ccc(CN2CCC[C@H]2c2ccccc2)cc1. The van der Waals surface area contributed by atoms with Gasteiger partial charge in [-0.25, -0.2) is 0 Å². The van der Waals surface area contributed by atoms with Crippen molar-refractivity contribution in [2.24, 2.45) is 0 Å². The fourth-order valence-electron chi connectivity index (χ4n) is 2.89. The molecule has 0 radical (unpaired) electrons. The van der Waals surface area contributed by atoms with Crippen LogP contribution in [0.3, 0.4) is 0 Å². The van der Waals surface area contributed by atoms with Crippen LogP contribution in [0.5, 0.6) is 0 Å². The minimum Gasteiger partial charge on any atom is -0.292 e. The van der Waals surface area contributed by atoms with Crippen molar-refractivity contribution in [3.05, 3.63) is 71.8 Å². The zero-order chi connectivity index (χ0) is 12.2. The Kier molecular flexibility index (Phi) is 3.42. The molecular weight excluding hydrogens is 218 g/mol. The predicted molar refractivity (Wildman–Crippen MR) is 75.3 cm³/mol. The van der Waals surface area contributed by atoms with Crippen molar-refractivity contribution in [1.82, 2.24) is 4.90 Å². The second-order valence-corrected chi connectivity index (χ2v) is 5.02. The summed E-state index contributed by atoms with van der Waals surface area (Å²) in [5, 5.41) is 0. The molecule has 0 saturated carbocycles. The summed E-state index contributed by atoms with van der Waals surface area (Å²) >= 11 is 0. The Hall–Kier alpha value is -1.60. The number of nitrogens with zero attached hydrogens (tertiary/aromatic N) is 1. The first-order chi connectivity index (χ1) is 8.93. The molecule has 0 N–H and O–H groups in total. The van der Waals surface area contributed by atoms with Gasteiger partial charge >= 0.3 is 0 Å². The lowest BCUT2D eigenvalue weighted by atomic mass is 10.0. The average molecular weight is 237 g/mol. The summed E-state index contributed by atoms with van der Waals surface area (Å²) < 4.78 is 0. The van der Waals surface area contributed by atoms with E-state index >= 15 is 0 Å². The van der Waals surface area contributed by atoms with Crippen molar-refractivity contribution in [2.75, 3.05) is 6.54 Å². The minimum absolute atomic E-state index is 0.603. The summed E-state index contributed by atoms with van der Waals surface area (Å²) in [6.07, 6.45) is 2.60. The second-order valence-electron chi connectivity index (χ2n) is 5.02. The van der Waals surface area contributed by atoms with Crippen LogP contribution in [0.15, 0.2) is 60.7 Å². The van der Waals surface area contributed by atoms with Crippen LogP contribution >= 0.6 is 0 Å². The standard InChI is InChI=1S/C17H19N/c1-3-8-15(9-4-1)14-18-13-7-12-17(18)16-10-5-2-6-11-16/h1-6,8-11,17H,7,12-14H2/t17-/m0/s1. The van der Waals surface area contributed by atoms with Crippen LogP contribution in [-0.2, 0) is 6.54 Å². The first-order valence-electron chi connectivity index (χ1n) is 6.76. The molecule has 0 unspecified atom stereocenters. The topological polar surface area (TPSA) is 3.24 Å². The molecule has 1 nitrogen and oxygen atoms in total. The Morgan fingerprint density at radius 2 is 1.56 bits per heavy atom. The molecule has 92 valence electrons. The van der Waals surface area contributed by atoms with E-state index in [4.69, 9.17) is 0 Å². The van der Waals surface area contributed by atoms with E-state index in [9.17, 15) is 0 Å². The smallest absolute Gasteiger partial charge is 0.0352 e. The molecule has 1 heteroatoms. The maximum atomic E-state index is 2.60. The third kappa shape index (κ3) is 2.46. The van der Waals surface area contributed by atoms with Crippen molar-refractivity contribution >= 4 is 0 Å². The van der Waals surface area contributed by atoms with Crippen molar-refractivity contribution in [3.63, 3.8) is 0 Å². The molecule has 0 amide bonds. The maximum Gasteiger partial charge on any atom is 0.0352 e. The monoisotopic (exact) mass is 237 g/mol. The lowest BCUT2D eigenvalue weighted by Gasteiger charge is -2.24. The summed E-state index contributed by atoms with van der Waals surface area (Å²) in [5.41, 5.74) is 2.88. The van der Waals surface area contributed by atoms with Crippen molar-refractivity contribution in [3.8, 4) is 0 Å². The highest BCUT2D eigenvalue weighted by molar-refractivity contribution is 5.21. The van der Waals surface area contributed by atoms with Crippen molar-refractivity contribution in [1.29, 1.82) is 0 Å². The Balaban J connectivity index is 1.76. The molecule has 1 aliphatic rings. The molecular formula is C17H19N. The van der Waals surface area contributed by atoms with E-state index in [1.807, 2.05) is 0 Å². The van der Waals surface area contributed by atoms with Gasteiger partial charge in [0.05, 0.1) is 0 Å². The van der Waals surface area contributed by atoms with Gasteiger partial charge in [0.1, 0.15) is 0 Å². The fraction of sp³-hybridized carbons (Fsp3) is 0.294. The van der Waals surface area contributed by atoms with Gasteiger partial charge in [0.2, 0.25) is 0 Å². The van der Waals surface area contributed by atoms with Crippen molar-refractivity contribution in [2.45, 2.75) is 25.4 Å². The molecule has 1 atom stereocenters. The van der Waals surface area contributed by atoms with E-state index in [1.165, 1.54) is 30.5 Å². The van der Waals surface area contributed by atoms with Gasteiger partial charge in [-0.3, -0.25) is 4.90 Å². The maximum absolute atomic E-state index is 2.60. The molecule has 2 aromatic rings. The predicted octanol–water partition coefficient (Wildman–Crippen LogP) is 4.02. The van der Waals surface area contributed by atoms with E-state index in [2.05, 4.69) is 65.6 Å². The third-order valence-electron chi connectivity index (χ3n) is 3.78. The Labute approximate surface area is 109 Å². The molecule has 18 heavy (non-hydrogen) atoms. The molecule has 3 rings (SSSR count). The molecule has 1 saturated heterocycles. The second kappa shape index (κ2) is 5.36. The van der Waals surface area contributed by atoms with E-state index in [0.717, 1.165) is 6.54 Å². The van der Waals surface area contributed by atoms with Gasteiger partial charge in [-0.15, -0.1) is 0 Å². The summed E-state index contributed by atoms with van der Waals surface area (Å²) in [5.74, 6) is 0. The highest BCUT2D eigenvalue weighted by atomic mass is 15.2. The van der Waals surface area contributed by atoms with E-state index < -0.39 is 0 Å². The van der Waals surface area contributed by atoms with Gasteiger partial charge < -0.3 is 0 Å². The number of benzene rings is 2. The lowest BCUT2D eigenvalue weighted by Crippen LogP contribution is -2.22. The Morgan fingerprint density at radius 1 is 0.889 bits per heavy atom. The first-order valence-corrected chi connectivity index (χ1v) is 6.76. The Morgan fingerprint density at radius 3 is 2.28 bits per heavy atom. The summed E-state index contributed by atoms with van der Waals surface area (Å²) in [6.45, 7) is 2.29. The lowest BCUT2D eigenvalue weighted by molar-refractivity contribution is 0.248. The van der Waals surface area contributed by atoms with Gasteiger partial charge in [-0.05, 0) is 30.5 Å². The largest absolute Gasteiger partial charge is 0.292 e. The Bertz CT molecular complexity index is 477. The van der Waals surface area contributed by atoms with Gasteiger partial charge in [0.25, 0.3) is 0 Å². The molecule has 0 aromatic heterocycles. The van der Waals surface area contributed by atoms with Crippen LogP contribution in [-0.4, -0.2) is 11.4 Å². The van der Waals surface area contributed by atoms with Gasteiger partial charge in [0, 0.05) is 12.6 Å². The van der Waals surface area contributed by atoms with Crippen LogP contribution in [0.1, 0.15) is 30.0 Å². The average Bonchev–Trinajstić information content (AvgIpc) is 2.89. The van der Waals surface area contributed by atoms with Crippen molar-refractivity contribution < 1.29 is 0 Å². The molecule has 1 fully saturated rings. The highest BCUT2D eigenvalue weighted by Gasteiger charge is 2.25.